The van der Waals surface area contributed by atoms with E-state index >= 15 is 0 Å². The van der Waals surface area contributed by atoms with Crippen LogP contribution in [-0.2, 0) is 6.54 Å². The molecule has 126 valence electrons. The maximum atomic E-state index is 12.8. The van der Waals surface area contributed by atoms with Crippen molar-refractivity contribution in [2.45, 2.75) is 40.3 Å². The molecule has 22 heavy (non-hydrogen) atoms. The van der Waals surface area contributed by atoms with Gasteiger partial charge in [0.2, 0.25) is 0 Å². The molecule has 0 aliphatic carbocycles. The molecule has 2 heterocycles. The molecule has 1 fully saturated rings. The first kappa shape index (κ1) is 19.1. The van der Waals surface area contributed by atoms with Crippen LogP contribution in [0.15, 0.2) is 17.4 Å². The van der Waals surface area contributed by atoms with Crippen molar-refractivity contribution in [3.8, 4) is 0 Å². The molecule has 0 bridgehead atoms. The molecule has 8 heteroatoms. The zero-order chi connectivity index (χ0) is 15.5. The van der Waals surface area contributed by atoms with E-state index in [0.717, 1.165) is 36.6 Å². The van der Waals surface area contributed by atoms with Crippen molar-refractivity contribution < 1.29 is 8.78 Å². The Morgan fingerprint density at radius 1 is 1.50 bits per heavy atom. The van der Waals surface area contributed by atoms with Crippen LogP contribution in [0.1, 0.15) is 39.6 Å². The summed E-state index contributed by atoms with van der Waals surface area (Å²) in [5, 5.41) is 3.22. The van der Waals surface area contributed by atoms with E-state index < -0.39 is 6.55 Å². The lowest BCUT2D eigenvalue weighted by Crippen LogP contribution is -2.40. The lowest BCUT2D eigenvalue weighted by molar-refractivity contribution is 0.0671. The van der Waals surface area contributed by atoms with E-state index in [1.54, 1.807) is 0 Å². The summed E-state index contributed by atoms with van der Waals surface area (Å²) < 4.78 is 26.4. The zero-order valence-corrected chi connectivity index (χ0v) is 15.6. The highest BCUT2D eigenvalue weighted by Crippen LogP contribution is 2.28. The van der Waals surface area contributed by atoms with E-state index in [1.165, 1.54) is 12.4 Å². The summed E-state index contributed by atoms with van der Waals surface area (Å²) in [6.07, 6.45) is 3.76. The fourth-order valence-corrected chi connectivity index (χ4v) is 2.51. The molecule has 0 aromatic carbocycles. The van der Waals surface area contributed by atoms with Crippen molar-refractivity contribution in [3.05, 3.63) is 18.2 Å². The molecule has 0 spiro atoms. The van der Waals surface area contributed by atoms with Gasteiger partial charge in [0, 0.05) is 32.0 Å². The number of guanidine groups is 1. The molecule has 1 aromatic heterocycles. The average molecular weight is 427 g/mol. The summed E-state index contributed by atoms with van der Waals surface area (Å²) >= 11 is 0. The van der Waals surface area contributed by atoms with Gasteiger partial charge in [-0.05, 0) is 18.8 Å². The quantitative estimate of drug-likeness (QED) is 0.457. The van der Waals surface area contributed by atoms with E-state index in [-0.39, 0.29) is 41.8 Å². The Bertz CT molecular complexity index is 501. The topological polar surface area (TPSA) is 45.5 Å². The first-order chi connectivity index (χ1) is 9.93. The van der Waals surface area contributed by atoms with Crippen LogP contribution in [-0.4, -0.2) is 40.0 Å². The van der Waals surface area contributed by atoms with Gasteiger partial charge < -0.3 is 10.2 Å². The molecule has 5 nitrogen and oxygen atoms in total. The highest BCUT2D eigenvalue weighted by molar-refractivity contribution is 14.0. The summed E-state index contributed by atoms with van der Waals surface area (Å²) in [7, 11) is 0. The van der Waals surface area contributed by atoms with Crippen LogP contribution < -0.4 is 5.32 Å². The number of hydrogen-bond donors (Lipinski definition) is 1. The van der Waals surface area contributed by atoms with Crippen LogP contribution in [0.5, 0.6) is 0 Å². The van der Waals surface area contributed by atoms with Gasteiger partial charge in [-0.15, -0.1) is 24.0 Å². The molecule has 0 radical (unpaired) electrons. The monoisotopic (exact) mass is 427 g/mol. The van der Waals surface area contributed by atoms with Gasteiger partial charge in [-0.1, -0.05) is 13.8 Å². The van der Waals surface area contributed by atoms with E-state index in [9.17, 15) is 8.78 Å². The second-order valence-electron chi connectivity index (χ2n) is 6.03. The fourth-order valence-electron chi connectivity index (χ4n) is 2.51. The highest BCUT2D eigenvalue weighted by Gasteiger charge is 2.30. The van der Waals surface area contributed by atoms with Gasteiger partial charge in [0.05, 0.1) is 0 Å². The first-order valence-electron chi connectivity index (χ1n) is 7.26. The highest BCUT2D eigenvalue weighted by atomic mass is 127. The summed E-state index contributed by atoms with van der Waals surface area (Å²) in [6, 6.07) is 0. The van der Waals surface area contributed by atoms with Crippen LogP contribution in [0.25, 0.3) is 0 Å². The number of hydrogen-bond acceptors (Lipinski definition) is 2. The Kier molecular flexibility index (Phi) is 7.01. The Morgan fingerprint density at radius 3 is 2.77 bits per heavy atom. The van der Waals surface area contributed by atoms with Crippen LogP contribution >= 0.6 is 24.0 Å². The number of likely N-dealkylation sites (tertiary alicyclic amines) is 1. The lowest BCUT2D eigenvalue weighted by atomic mass is 9.93. The average Bonchev–Trinajstić information content (AvgIpc) is 3.00. The Morgan fingerprint density at radius 2 is 2.23 bits per heavy atom. The van der Waals surface area contributed by atoms with Gasteiger partial charge in [0.25, 0.3) is 0 Å². The second-order valence-corrected chi connectivity index (χ2v) is 6.03. The third kappa shape index (κ3) is 4.79. The molecule has 1 aliphatic rings. The predicted molar refractivity (Wildman–Crippen MR) is 93.7 cm³/mol. The van der Waals surface area contributed by atoms with Crippen molar-refractivity contribution >= 4 is 29.9 Å². The fraction of sp³-hybridized carbons (Fsp3) is 0.714. The maximum absolute atomic E-state index is 12.8. The maximum Gasteiger partial charge on any atom is 0.319 e. The predicted octanol–water partition coefficient (Wildman–Crippen LogP) is 3.09. The third-order valence-electron chi connectivity index (χ3n) is 3.64. The molecule has 1 saturated heterocycles. The number of aromatic nitrogens is 2. The van der Waals surface area contributed by atoms with Crippen molar-refractivity contribution in [1.29, 1.82) is 0 Å². The number of imidazole rings is 1. The summed E-state index contributed by atoms with van der Waals surface area (Å²) in [4.78, 5) is 10.6. The number of alkyl halides is 2. The summed E-state index contributed by atoms with van der Waals surface area (Å²) in [5.74, 6) is 1.05. The molecule has 1 aromatic rings. The molecular weight excluding hydrogens is 403 g/mol. The molecule has 0 atom stereocenters. The van der Waals surface area contributed by atoms with E-state index in [1.807, 2.05) is 6.92 Å². The van der Waals surface area contributed by atoms with Crippen molar-refractivity contribution in [2.24, 2.45) is 10.4 Å². The van der Waals surface area contributed by atoms with Crippen molar-refractivity contribution in [2.75, 3.05) is 19.6 Å². The SMILES string of the molecule is CCNC(=NCc1nccn1C(F)F)N1CCC(C)(C)C1.I. The smallest absolute Gasteiger partial charge is 0.319 e. The van der Waals surface area contributed by atoms with Gasteiger partial charge in [0.1, 0.15) is 12.4 Å². The molecule has 2 rings (SSSR count). The van der Waals surface area contributed by atoms with Gasteiger partial charge in [-0.25, -0.2) is 9.98 Å². The van der Waals surface area contributed by atoms with Gasteiger partial charge in [-0.2, -0.15) is 8.78 Å². The Balaban J connectivity index is 0.00000242. The molecule has 0 saturated carbocycles. The van der Waals surface area contributed by atoms with Crippen LogP contribution in [0.3, 0.4) is 0 Å². The number of halogens is 3. The minimum Gasteiger partial charge on any atom is -0.357 e. The molecule has 1 aliphatic heterocycles. The Labute approximate surface area is 147 Å². The molecule has 1 N–H and O–H groups in total. The van der Waals surface area contributed by atoms with Gasteiger partial charge >= 0.3 is 6.55 Å². The van der Waals surface area contributed by atoms with Crippen LogP contribution in [0, 0.1) is 5.41 Å². The number of nitrogens with one attached hydrogen (secondary N) is 1. The number of rotatable bonds is 4. The lowest BCUT2D eigenvalue weighted by Gasteiger charge is -2.23. The Hall–Kier alpha value is -0.930. The minimum atomic E-state index is -2.58. The molecule has 0 amide bonds. The second kappa shape index (κ2) is 8.07. The first-order valence-corrected chi connectivity index (χ1v) is 7.26. The van der Waals surface area contributed by atoms with Crippen LogP contribution in [0.2, 0.25) is 0 Å². The zero-order valence-electron chi connectivity index (χ0n) is 13.2. The molecule has 0 unspecified atom stereocenters. The van der Waals surface area contributed by atoms with Crippen molar-refractivity contribution in [3.63, 3.8) is 0 Å². The van der Waals surface area contributed by atoms with Crippen LogP contribution in [0.4, 0.5) is 8.78 Å². The van der Waals surface area contributed by atoms with E-state index in [2.05, 4.69) is 34.0 Å². The summed E-state index contributed by atoms with van der Waals surface area (Å²) in [5.41, 5.74) is 0.262. The summed E-state index contributed by atoms with van der Waals surface area (Å²) in [6.45, 7) is 6.61. The number of aliphatic imine (C=N–C) groups is 1. The van der Waals surface area contributed by atoms with Gasteiger partial charge in [0.15, 0.2) is 5.96 Å². The standard InChI is InChI=1S/C14H23F2N5.HI/c1-4-17-13(20-7-5-14(2,3)10-20)19-9-11-18-6-8-21(11)12(15)16;/h6,8,12H,4-5,7,9-10H2,1-3H3,(H,17,19);1H. The minimum absolute atomic E-state index is 0. The normalized spacial score (nSPS) is 17.7. The van der Waals surface area contributed by atoms with E-state index in [4.69, 9.17) is 0 Å². The largest absolute Gasteiger partial charge is 0.357 e. The molecular formula is C14H24F2IN5. The van der Waals surface area contributed by atoms with Gasteiger partial charge in [-0.3, -0.25) is 4.57 Å². The third-order valence-corrected chi connectivity index (χ3v) is 3.64. The van der Waals surface area contributed by atoms with E-state index in [0.29, 0.717) is 0 Å². The van der Waals surface area contributed by atoms with Crippen molar-refractivity contribution in [1.82, 2.24) is 19.8 Å². The number of nitrogens with zero attached hydrogens (tertiary/aromatic N) is 4.